The maximum atomic E-state index is 11.9. The molecule has 2 amide bonds. The highest BCUT2D eigenvalue weighted by Crippen LogP contribution is 2.22. The number of rotatable bonds is 6. The number of halogens is 2. The van der Waals surface area contributed by atoms with Crippen molar-refractivity contribution in [3.63, 3.8) is 0 Å². The molecule has 1 atom stereocenters. The maximum Gasteiger partial charge on any atom is 0.315 e. The number of urea groups is 1. The van der Waals surface area contributed by atoms with Gasteiger partial charge in [0, 0.05) is 31.4 Å². The molecule has 0 fully saturated rings. The predicted octanol–water partition coefficient (Wildman–Crippen LogP) is 1.72. The summed E-state index contributed by atoms with van der Waals surface area (Å²) in [4.78, 5) is 11.4. The molecule has 0 spiro atoms. The number of aromatic nitrogens is 2. The average molecular weight is 274 g/mol. The summed E-state index contributed by atoms with van der Waals surface area (Å²) in [5, 5.41) is 8.82. The van der Waals surface area contributed by atoms with Gasteiger partial charge in [-0.25, -0.2) is 13.6 Å². The number of carbonyl (C=O) groups excluding carboxylic acids is 1. The lowest BCUT2D eigenvalue weighted by molar-refractivity contribution is 0.146. The molecule has 0 saturated heterocycles. The van der Waals surface area contributed by atoms with Gasteiger partial charge in [0.05, 0.1) is 6.54 Å². The van der Waals surface area contributed by atoms with Crippen molar-refractivity contribution in [1.82, 2.24) is 20.4 Å². The molecular weight excluding hydrogens is 254 g/mol. The summed E-state index contributed by atoms with van der Waals surface area (Å²) < 4.78 is 25.6. The van der Waals surface area contributed by atoms with E-state index in [0.29, 0.717) is 12.5 Å². The van der Waals surface area contributed by atoms with Crippen LogP contribution in [-0.2, 0) is 7.05 Å². The van der Waals surface area contributed by atoms with Gasteiger partial charge in [-0.3, -0.25) is 4.68 Å². The van der Waals surface area contributed by atoms with E-state index < -0.39 is 19.0 Å². The average Bonchev–Trinajstić information content (AvgIpc) is 2.73. The zero-order valence-electron chi connectivity index (χ0n) is 11.4. The first-order valence-corrected chi connectivity index (χ1v) is 6.19. The number of amides is 2. The van der Waals surface area contributed by atoms with Gasteiger partial charge < -0.3 is 10.6 Å². The van der Waals surface area contributed by atoms with Gasteiger partial charge in [-0.2, -0.15) is 5.10 Å². The topological polar surface area (TPSA) is 59.0 Å². The Morgan fingerprint density at radius 2 is 2.00 bits per heavy atom. The van der Waals surface area contributed by atoms with Gasteiger partial charge in [-0.15, -0.1) is 0 Å². The number of alkyl halides is 2. The number of aryl methyl sites for hydroxylation is 1. The van der Waals surface area contributed by atoms with Gasteiger partial charge in [0.2, 0.25) is 0 Å². The van der Waals surface area contributed by atoms with E-state index in [1.807, 2.05) is 27.0 Å². The Kier molecular flexibility index (Phi) is 5.72. The fourth-order valence-corrected chi connectivity index (χ4v) is 1.86. The third kappa shape index (κ3) is 4.84. The first kappa shape index (κ1) is 15.4. The van der Waals surface area contributed by atoms with Gasteiger partial charge in [0.15, 0.2) is 0 Å². The normalized spacial score (nSPS) is 12.8. The van der Waals surface area contributed by atoms with Crippen molar-refractivity contribution in [1.29, 1.82) is 0 Å². The molecule has 0 aliphatic carbocycles. The summed E-state index contributed by atoms with van der Waals surface area (Å²) in [6.07, 6.45) is -0.842. The van der Waals surface area contributed by atoms with Crippen molar-refractivity contribution >= 4 is 6.03 Å². The van der Waals surface area contributed by atoms with Crippen molar-refractivity contribution < 1.29 is 13.6 Å². The van der Waals surface area contributed by atoms with Gasteiger partial charge in [0.25, 0.3) is 6.43 Å². The number of hydrogen-bond acceptors (Lipinski definition) is 2. The fraction of sp³-hybridized carbons (Fsp3) is 0.667. The summed E-state index contributed by atoms with van der Waals surface area (Å²) in [6, 6.07) is 1.32. The van der Waals surface area contributed by atoms with Gasteiger partial charge in [0.1, 0.15) is 0 Å². The molecule has 1 heterocycles. The van der Waals surface area contributed by atoms with Crippen LogP contribution in [-0.4, -0.2) is 35.3 Å². The molecule has 0 unspecified atom stereocenters. The first-order valence-electron chi connectivity index (χ1n) is 6.19. The lowest BCUT2D eigenvalue weighted by Gasteiger charge is -2.21. The number of nitrogens with one attached hydrogen (secondary N) is 2. The molecule has 0 aliphatic heterocycles. The molecular formula is C12H20F2N4O. The van der Waals surface area contributed by atoms with E-state index in [1.54, 1.807) is 10.9 Å². The summed E-state index contributed by atoms with van der Waals surface area (Å²) in [5.41, 5.74) is 1.00. The zero-order valence-corrected chi connectivity index (χ0v) is 11.4. The van der Waals surface area contributed by atoms with Crippen LogP contribution in [0.15, 0.2) is 12.3 Å². The van der Waals surface area contributed by atoms with Crippen molar-refractivity contribution in [2.75, 3.05) is 13.1 Å². The van der Waals surface area contributed by atoms with E-state index in [9.17, 15) is 13.6 Å². The molecule has 19 heavy (non-hydrogen) atoms. The Hall–Kier alpha value is -1.66. The Morgan fingerprint density at radius 1 is 1.37 bits per heavy atom. The van der Waals surface area contributed by atoms with Crippen LogP contribution in [0.2, 0.25) is 0 Å². The Labute approximate surface area is 111 Å². The monoisotopic (exact) mass is 274 g/mol. The van der Waals surface area contributed by atoms with Crippen LogP contribution in [0.3, 0.4) is 0 Å². The second-order valence-corrected chi connectivity index (χ2v) is 4.71. The van der Waals surface area contributed by atoms with E-state index in [2.05, 4.69) is 15.7 Å². The molecule has 2 N–H and O–H groups in total. The summed E-state index contributed by atoms with van der Waals surface area (Å²) in [5.74, 6) is 0.385. The SMILES string of the molecule is CC(C)[C@@H](CNC(=O)NCC(F)F)c1ccnn1C. The summed E-state index contributed by atoms with van der Waals surface area (Å²) in [7, 11) is 1.83. The fourth-order valence-electron chi connectivity index (χ4n) is 1.86. The smallest absolute Gasteiger partial charge is 0.315 e. The quantitative estimate of drug-likeness (QED) is 0.830. The third-order valence-corrected chi connectivity index (χ3v) is 2.94. The Morgan fingerprint density at radius 3 is 2.47 bits per heavy atom. The predicted molar refractivity (Wildman–Crippen MR) is 68.2 cm³/mol. The van der Waals surface area contributed by atoms with Crippen LogP contribution < -0.4 is 10.6 Å². The number of carbonyl (C=O) groups is 1. The lowest BCUT2D eigenvalue weighted by Crippen LogP contribution is -2.40. The molecule has 0 aromatic carbocycles. The highest BCUT2D eigenvalue weighted by molar-refractivity contribution is 5.73. The molecule has 0 bridgehead atoms. The van der Waals surface area contributed by atoms with Crippen molar-refractivity contribution in [3.05, 3.63) is 18.0 Å². The summed E-state index contributed by atoms with van der Waals surface area (Å²) >= 11 is 0. The van der Waals surface area contributed by atoms with Crippen LogP contribution in [0.4, 0.5) is 13.6 Å². The Bertz CT molecular complexity index is 406. The van der Waals surface area contributed by atoms with Gasteiger partial charge in [-0.1, -0.05) is 13.8 Å². The third-order valence-electron chi connectivity index (χ3n) is 2.94. The highest BCUT2D eigenvalue weighted by atomic mass is 19.3. The lowest BCUT2D eigenvalue weighted by atomic mass is 9.92. The standard InChI is InChI=1S/C12H20F2N4O/c1-8(2)9(10-4-5-17-18(10)3)6-15-12(19)16-7-11(13)14/h4-5,8-9,11H,6-7H2,1-3H3,(H2,15,16,19)/t9-/m1/s1. The van der Waals surface area contributed by atoms with E-state index in [0.717, 1.165) is 5.69 Å². The summed E-state index contributed by atoms with van der Waals surface area (Å²) in [6.45, 7) is 3.82. The second-order valence-electron chi connectivity index (χ2n) is 4.71. The van der Waals surface area contributed by atoms with Crippen LogP contribution >= 0.6 is 0 Å². The molecule has 0 saturated carbocycles. The first-order chi connectivity index (χ1) is 8.91. The number of nitrogens with zero attached hydrogens (tertiary/aromatic N) is 2. The molecule has 1 rings (SSSR count). The van der Waals surface area contributed by atoms with Crippen molar-refractivity contribution in [2.24, 2.45) is 13.0 Å². The van der Waals surface area contributed by atoms with Crippen LogP contribution in [0, 0.1) is 5.92 Å². The largest absolute Gasteiger partial charge is 0.337 e. The molecule has 0 radical (unpaired) electrons. The minimum absolute atomic E-state index is 0.0878. The van der Waals surface area contributed by atoms with E-state index in [4.69, 9.17) is 0 Å². The molecule has 5 nitrogen and oxygen atoms in total. The minimum atomic E-state index is -2.54. The molecule has 1 aromatic rings. The highest BCUT2D eigenvalue weighted by Gasteiger charge is 2.19. The van der Waals surface area contributed by atoms with Gasteiger partial charge >= 0.3 is 6.03 Å². The minimum Gasteiger partial charge on any atom is -0.337 e. The zero-order chi connectivity index (χ0) is 14.4. The van der Waals surface area contributed by atoms with Gasteiger partial charge in [-0.05, 0) is 12.0 Å². The molecule has 1 aromatic heterocycles. The van der Waals surface area contributed by atoms with E-state index in [1.165, 1.54) is 0 Å². The van der Waals surface area contributed by atoms with Crippen LogP contribution in [0.1, 0.15) is 25.5 Å². The molecule has 108 valence electrons. The molecule has 0 aliphatic rings. The number of hydrogen-bond donors (Lipinski definition) is 2. The van der Waals surface area contributed by atoms with Crippen LogP contribution in [0.5, 0.6) is 0 Å². The van der Waals surface area contributed by atoms with Crippen molar-refractivity contribution in [3.8, 4) is 0 Å². The molecule has 7 heteroatoms. The maximum absolute atomic E-state index is 11.9. The van der Waals surface area contributed by atoms with E-state index >= 15 is 0 Å². The Balaban J connectivity index is 2.52. The van der Waals surface area contributed by atoms with E-state index in [-0.39, 0.29) is 5.92 Å². The second kappa shape index (κ2) is 7.06. The van der Waals surface area contributed by atoms with Crippen LogP contribution in [0.25, 0.3) is 0 Å². The van der Waals surface area contributed by atoms with Crippen molar-refractivity contribution in [2.45, 2.75) is 26.2 Å².